The topological polar surface area (TPSA) is 60.2 Å². The summed E-state index contributed by atoms with van der Waals surface area (Å²) in [5.41, 5.74) is 0.649. The number of rotatable bonds is 5. The molecule has 0 saturated carbocycles. The molecule has 0 fully saturated rings. The summed E-state index contributed by atoms with van der Waals surface area (Å²) in [4.78, 5) is 23.3. The Morgan fingerprint density at radius 1 is 1.10 bits per heavy atom. The number of benzene rings is 2. The number of para-hydroxylation sites is 1. The molecule has 20 heavy (non-hydrogen) atoms. The highest BCUT2D eigenvalue weighted by Crippen LogP contribution is 2.32. The lowest BCUT2D eigenvalue weighted by Gasteiger charge is -2.10. The number of hydrogen-bond acceptors (Lipinski definition) is 4. The third-order valence-corrected chi connectivity index (χ3v) is 3.96. The maximum absolute atomic E-state index is 12.2. The molecule has 2 aromatic carbocycles. The number of carbonyl (C=O) groups excluding carboxylic acids is 1. The Kier molecular flexibility index (Phi) is 4.53. The lowest BCUT2D eigenvalue weighted by atomic mass is 10.1. The highest BCUT2D eigenvalue weighted by Gasteiger charge is 2.21. The first-order valence-electron chi connectivity index (χ1n) is 6.09. The normalized spacial score (nSPS) is 11.8. The maximum atomic E-state index is 12.2. The summed E-state index contributed by atoms with van der Waals surface area (Å²) in [7, 11) is 0. The molecule has 0 radical (unpaired) electrons. The van der Waals surface area contributed by atoms with Crippen molar-refractivity contribution < 1.29 is 9.72 Å². The van der Waals surface area contributed by atoms with Gasteiger partial charge < -0.3 is 0 Å². The molecule has 1 unspecified atom stereocenters. The van der Waals surface area contributed by atoms with Crippen molar-refractivity contribution in [3.8, 4) is 0 Å². The Balaban J connectivity index is 2.18. The van der Waals surface area contributed by atoms with Gasteiger partial charge >= 0.3 is 0 Å². The average molecular weight is 287 g/mol. The highest BCUT2D eigenvalue weighted by atomic mass is 32.2. The van der Waals surface area contributed by atoms with Gasteiger partial charge in [0.25, 0.3) is 5.69 Å². The van der Waals surface area contributed by atoms with E-state index < -0.39 is 4.92 Å². The van der Waals surface area contributed by atoms with Crippen LogP contribution in [0.4, 0.5) is 5.69 Å². The molecule has 5 heteroatoms. The number of ketones is 1. The van der Waals surface area contributed by atoms with Crippen LogP contribution in [0.1, 0.15) is 17.3 Å². The summed E-state index contributed by atoms with van der Waals surface area (Å²) in [5.74, 6) is -0.0336. The zero-order chi connectivity index (χ0) is 14.5. The molecular formula is C15H13NO3S. The van der Waals surface area contributed by atoms with E-state index >= 15 is 0 Å². The van der Waals surface area contributed by atoms with E-state index in [9.17, 15) is 14.9 Å². The monoisotopic (exact) mass is 287 g/mol. The van der Waals surface area contributed by atoms with Crippen LogP contribution in [0.5, 0.6) is 0 Å². The third-order valence-electron chi connectivity index (χ3n) is 2.79. The zero-order valence-electron chi connectivity index (χ0n) is 10.9. The average Bonchev–Trinajstić information content (AvgIpc) is 2.47. The predicted octanol–water partition coefficient (Wildman–Crippen LogP) is 3.96. The molecule has 2 aromatic rings. The minimum absolute atomic E-state index is 0.0326. The summed E-state index contributed by atoms with van der Waals surface area (Å²) in [6.45, 7) is 1.76. The SMILES string of the molecule is CC(Sc1ccccc1[N+](=O)[O-])C(=O)c1ccccc1. The van der Waals surface area contributed by atoms with Crippen molar-refractivity contribution in [1.29, 1.82) is 0 Å². The van der Waals surface area contributed by atoms with E-state index in [0.29, 0.717) is 10.5 Å². The van der Waals surface area contributed by atoms with Crippen LogP contribution in [-0.2, 0) is 0 Å². The fraction of sp³-hybridized carbons (Fsp3) is 0.133. The van der Waals surface area contributed by atoms with E-state index in [1.54, 1.807) is 49.4 Å². The van der Waals surface area contributed by atoms with Crippen LogP contribution in [0.3, 0.4) is 0 Å². The van der Waals surface area contributed by atoms with Crippen LogP contribution in [0.15, 0.2) is 59.5 Å². The summed E-state index contributed by atoms with van der Waals surface area (Å²) in [6, 6.07) is 15.4. The number of nitro groups is 1. The second-order valence-corrected chi connectivity index (χ2v) is 5.60. The van der Waals surface area contributed by atoms with Crippen LogP contribution in [-0.4, -0.2) is 16.0 Å². The Morgan fingerprint density at radius 2 is 1.70 bits per heavy atom. The smallest absolute Gasteiger partial charge is 0.282 e. The first-order chi connectivity index (χ1) is 9.59. The van der Waals surface area contributed by atoms with Gasteiger partial charge in [0.1, 0.15) is 0 Å². The van der Waals surface area contributed by atoms with E-state index in [0.717, 1.165) is 0 Å². The van der Waals surface area contributed by atoms with Crippen LogP contribution >= 0.6 is 11.8 Å². The van der Waals surface area contributed by atoms with E-state index in [4.69, 9.17) is 0 Å². The van der Waals surface area contributed by atoms with E-state index in [1.165, 1.54) is 17.8 Å². The summed E-state index contributed by atoms with van der Waals surface area (Å²) in [5, 5.41) is 10.6. The second kappa shape index (κ2) is 6.34. The molecule has 102 valence electrons. The molecule has 0 amide bonds. The Bertz CT molecular complexity index is 628. The number of nitro benzene ring substituents is 1. The standard InChI is InChI=1S/C15H13NO3S/c1-11(15(17)12-7-3-2-4-8-12)20-14-10-6-5-9-13(14)16(18)19/h2-11H,1H3. The van der Waals surface area contributed by atoms with Gasteiger partial charge in [0, 0.05) is 11.6 Å². The minimum atomic E-state index is -0.429. The van der Waals surface area contributed by atoms with Crippen LogP contribution in [0.2, 0.25) is 0 Å². The Hall–Kier alpha value is -2.14. The number of Topliss-reactive ketones (excluding diaryl/α,β-unsaturated/α-hetero) is 1. The van der Waals surface area contributed by atoms with Gasteiger partial charge in [0.15, 0.2) is 5.78 Å². The van der Waals surface area contributed by atoms with E-state index in [1.807, 2.05) is 6.07 Å². The van der Waals surface area contributed by atoms with E-state index in [2.05, 4.69) is 0 Å². The van der Waals surface area contributed by atoms with Crippen LogP contribution < -0.4 is 0 Å². The van der Waals surface area contributed by atoms with E-state index in [-0.39, 0.29) is 16.7 Å². The van der Waals surface area contributed by atoms with Gasteiger partial charge in [-0.2, -0.15) is 0 Å². The van der Waals surface area contributed by atoms with Gasteiger partial charge in [-0.05, 0) is 13.0 Å². The van der Waals surface area contributed by atoms with Crippen molar-refractivity contribution in [1.82, 2.24) is 0 Å². The lowest BCUT2D eigenvalue weighted by molar-refractivity contribution is -0.387. The lowest BCUT2D eigenvalue weighted by Crippen LogP contribution is -2.13. The van der Waals surface area contributed by atoms with Gasteiger partial charge in [0.05, 0.1) is 15.1 Å². The largest absolute Gasteiger partial charge is 0.293 e. The summed E-state index contributed by atoms with van der Waals surface area (Å²) in [6.07, 6.45) is 0. The van der Waals surface area contributed by atoms with Crippen molar-refractivity contribution in [2.24, 2.45) is 0 Å². The van der Waals surface area contributed by atoms with Crippen molar-refractivity contribution in [2.75, 3.05) is 0 Å². The molecule has 4 nitrogen and oxygen atoms in total. The molecule has 0 aliphatic carbocycles. The first-order valence-corrected chi connectivity index (χ1v) is 6.97. The molecule has 0 aromatic heterocycles. The van der Waals surface area contributed by atoms with Gasteiger partial charge in [-0.15, -0.1) is 11.8 Å². The molecule has 2 rings (SSSR count). The molecular weight excluding hydrogens is 274 g/mol. The number of thioether (sulfide) groups is 1. The molecule has 0 aliphatic rings. The van der Waals surface area contributed by atoms with Gasteiger partial charge in [0.2, 0.25) is 0 Å². The third kappa shape index (κ3) is 3.24. The number of carbonyl (C=O) groups is 1. The molecule has 1 atom stereocenters. The highest BCUT2D eigenvalue weighted by molar-refractivity contribution is 8.00. The van der Waals surface area contributed by atoms with Crippen molar-refractivity contribution in [3.05, 3.63) is 70.3 Å². The number of nitrogens with zero attached hydrogens (tertiary/aromatic N) is 1. The van der Waals surface area contributed by atoms with Gasteiger partial charge in [-0.1, -0.05) is 42.5 Å². The summed E-state index contributed by atoms with van der Waals surface area (Å²) < 4.78 is 0. The molecule has 0 aliphatic heterocycles. The Labute approximate surface area is 121 Å². The Morgan fingerprint density at radius 3 is 2.35 bits per heavy atom. The van der Waals surface area contributed by atoms with Crippen LogP contribution in [0.25, 0.3) is 0 Å². The first kappa shape index (κ1) is 14.3. The maximum Gasteiger partial charge on any atom is 0.282 e. The second-order valence-electron chi connectivity index (χ2n) is 4.22. The van der Waals surface area contributed by atoms with Crippen molar-refractivity contribution in [3.63, 3.8) is 0 Å². The quantitative estimate of drug-likeness (QED) is 0.361. The molecule has 0 bridgehead atoms. The fourth-order valence-corrected chi connectivity index (χ4v) is 2.83. The fourth-order valence-electron chi connectivity index (χ4n) is 1.79. The minimum Gasteiger partial charge on any atom is -0.293 e. The van der Waals surface area contributed by atoms with Gasteiger partial charge in [-0.25, -0.2) is 0 Å². The molecule has 0 saturated heterocycles. The zero-order valence-corrected chi connectivity index (χ0v) is 11.7. The van der Waals surface area contributed by atoms with Gasteiger partial charge in [-0.3, -0.25) is 14.9 Å². The van der Waals surface area contributed by atoms with Crippen molar-refractivity contribution >= 4 is 23.2 Å². The summed E-state index contributed by atoms with van der Waals surface area (Å²) >= 11 is 1.21. The molecule has 0 N–H and O–H groups in total. The number of hydrogen-bond donors (Lipinski definition) is 0. The molecule has 0 heterocycles. The van der Waals surface area contributed by atoms with Crippen molar-refractivity contribution in [2.45, 2.75) is 17.1 Å². The predicted molar refractivity (Wildman–Crippen MR) is 79.2 cm³/mol. The van der Waals surface area contributed by atoms with Crippen LogP contribution in [0, 0.1) is 10.1 Å². The molecule has 0 spiro atoms.